The van der Waals surface area contributed by atoms with E-state index in [1.807, 2.05) is 0 Å². The van der Waals surface area contributed by atoms with Gasteiger partial charge in [-0.2, -0.15) is 0 Å². The molecule has 0 unspecified atom stereocenters. The van der Waals surface area contributed by atoms with Crippen molar-refractivity contribution in [2.45, 2.75) is 20.0 Å². The van der Waals surface area contributed by atoms with Gasteiger partial charge in [-0.1, -0.05) is 29.3 Å². The number of hydrogen-bond acceptors (Lipinski definition) is 4. The van der Waals surface area contributed by atoms with Gasteiger partial charge < -0.3 is 14.8 Å². The molecule has 0 aromatic heterocycles. The van der Waals surface area contributed by atoms with Gasteiger partial charge in [0.2, 0.25) is 0 Å². The predicted molar refractivity (Wildman–Crippen MR) is 97.3 cm³/mol. The lowest BCUT2D eigenvalue weighted by molar-refractivity contribution is -0.155. The number of ether oxygens (including phenoxy) is 2. The Kier molecular flexibility index (Phi) is 6.83. The molecule has 1 N–H and O–H groups in total. The van der Waals surface area contributed by atoms with Crippen LogP contribution in [-0.4, -0.2) is 24.6 Å². The highest BCUT2D eigenvalue weighted by Crippen LogP contribution is 2.25. The standard InChI is InChI=1S/C18H16Cl2FNO4/c1-10-13(19)4-3-5-15(10)22-18(24)11(2)26-17(23)9-25-16-7-6-12(21)8-14(16)20/h3-8,11H,9H2,1-2H3,(H,22,24)/t11-/m1/s1. The normalized spacial score (nSPS) is 11.6. The highest BCUT2D eigenvalue weighted by atomic mass is 35.5. The molecule has 0 aliphatic heterocycles. The highest BCUT2D eigenvalue weighted by molar-refractivity contribution is 6.32. The second-order valence-corrected chi connectivity index (χ2v) is 6.21. The minimum atomic E-state index is -1.05. The summed E-state index contributed by atoms with van der Waals surface area (Å²) < 4.78 is 23.1. The largest absolute Gasteiger partial charge is 0.480 e. The van der Waals surface area contributed by atoms with Crippen LogP contribution >= 0.6 is 23.2 Å². The first-order valence-corrected chi connectivity index (χ1v) is 8.37. The van der Waals surface area contributed by atoms with Crippen LogP contribution in [0.4, 0.5) is 10.1 Å². The van der Waals surface area contributed by atoms with Gasteiger partial charge in [-0.25, -0.2) is 9.18 Å². The molecular weight excluding hydrogens is 384 g/mol. The van der Waals surface area contributed by atoms with E-state index in [2.05, 4.69) is 5.32 Å². The number of rotatable bonds is 6. The maximum Gasteiger partial charge on any atom is 0.344 e. The van der Waals surface area contributed by atoms with Crippen molar-refractivity contribution in [1.82, 2.24) is 0 Å². The molecule has 5 nitrogen and oxygen atoms in total. The molecular formula is C18H16Cl2FNO4. The summed E-state index contributed by atoms with van der Waals surface area (Å²) in [6.07, 6.45) is -1.05. The number of hydrogen-bond donors (Lipinski definition) is 1. The van der Waals surface area contributed by atoms with Crippen LogP contribution in [0.1, 0.15) is 12.5 Å². The molecule has 0 saturated carbocycles. The molecule has 0 radical (unpaired) electrons. The van der Waals surface area contributed by atoms with E-state index < -0.39 is 30.4 Å². The topological polar surface area (TPSA) is 64.6 Å². The van der Waals surface area contributed by atoms with Gasteiger partial charge >= 0.3 is 5.97 Å². The smallest absolute Gasteiger partial charge is 0.344 e. The number of anilines is 1. The Labute approximate surface area is 160 Å². The van der Waals surface area contributed by atoms with Crippen LogP contribution in [-0.2, 0) is 14.3 Å². The van der Waals surface area contributed by atoms with Gasteiger partial charge in [0, 0.05) is 10.7 Å². The van der Waals surface area contributed by atoms with Crippen molar-refractivity contribution in [2.75, 3.05) is 11.9 Å². The number of carbonyl (C=O) groups is 2. The van der Waals surface area contributed by atoms with Crippen molar-refractivity contribution in [3.63, 3.8) is 0 Å². The van der Waals surface area contributed by atoms with Gasteiger partial charge in [-0.3, -0.25) is 4.79 Å². The number of nitrogens with one attached hydrogen (secondary N) is 1. The summed E-state index contributed by atoms with van der Waals surface area (Å²) >= 11 is 11.8. The molecule has 0 spiro atoms. The summed E-state index contributed by atoms with van der Waals surface area (Å²) in [4.78, 5) is 24.0. The van der Waals surface area contributed by atoms with Gasteiger partial charge in [0.15, 0.2) is 12.7 Å². The molecule has 0 aliphatic carbocycles. The van der Waals surface area contributed by atoms with Crippen molar-refractivity contribution in [3.05, 3.63) is 57.8 Å². The Morgan fingerprint density at radius 2 is 1.92 bits per heavy atom. The monoisotopic (exact) mass is 399 g/mol. The molecule has 0 bridgehead atoms. The number of benzene rings is 2. The van der Waals surface area contributed by atoms with Crippen LogP contribution in [0, 0.1) is 12.7 Å². The zero-order valence-electron chi connectivity index (χ0n) is 14.0. The Hall–Kier alpha value is -2.31. The summed E-state index contributed by atoms with van der Waals surface area (Å²) in [5.74, 6) is -1.66. The van der Waals surface area contributed by atoms with Gasteiger partial charge in [0.1, 0.15) is 11.6 Å². The zero-order valence-corrected chi connectivity index (χ0v) is 15.5. The summed E-state index contributed by atoms with van der Waals surface area (Å²) in [5.41, 5.74) is 1.23. The molecule has 2 aromatic carbocycles. The van der Waals surface area contributed by atoms with Crippen molar-refractivity contribution in [3.8, 4) is 5.75 Å². The molecule has 0 heterocycles. The Bertz CT molecular complexity index is 829. The van der Waals surface area contributed by atoms with Crippen LogP contribution in [0.3, 0.4) is 0 Å². The van der Waals surface area contributed by atoms with E-state index in [9.17, 15) is 14.0 Å². The minimum Gasteiger partial charge on any atom is -0.480 e. The average molecular weight is 400 g/mol. The second kappa shape index (κ2) is 8.87. The zero-order chi connectivity index (χ0) is 19.3. The summed E-state index contributed by atoms with van der Waals surface area (Å²) in [6, 6.07) is 8.59. The van der Waals surface area contributed by atoms with Gasteiger partial charge in [0.25, 0.3) is 5.91 Å². The molecule has 2 aromatic rings. The summed E-state index contributed by atoms with van der Waals surface area (Å²) in [6.45, 7) is 2.71. The molecule has 2 rings (SSSR count). The van der Waals surface area contributed by atoms with Gasteiger partial charge in [-0.15, -0.1) is 0 Å². The maximum atomic E-state index is 13.0. The lowest BCUT2D eigenvalue weighted by Gasteiger charge is -2.15. The van der Waals surface area contributed by atoms with Gasteiger partial charge in [-0.05, 0) is 49.7 Å². The Morgan fingerprint density at radius 1 is 1.19 bits per heavy atom. The third-order valence-corrected chi connectivity index (χ3v) is 4.15. The highest BCUT2D eigenvalue weighted by Gasteiger charge is 2.19. The van der Waals surface area contributed by atoms with Crippen LogP contribution in [0.5, 0.6) is 5.75 Å². The van der Waals surface area contributed by atoms with Crippen LogP contribution < -0.4 is 10.1 Å². The Balaban J connectivity index is 1.87. The number of esters is 1. The fourth-order valence-electron chi connectivity index (χ4n) is 1.99. The number of carbonyl (C=O) groups excluding carboxylic acids is 2. The van der Waals surface area contributed by atoms with E-state index in [-0.39, 0.29) is 10.8 Å². The molecule has 0 saturated heterocycles. The Morgan fingerprint density at radius 3 is 2.62 bits per heavy atom. The van der Waals surface area contributed by atoms with E-state index in [0.717, 1.165) is 12.1 Å². The van der Waals surface area contributed by atoms with E-state index >= 15 is 0 Å². The minimum absolute atomic E-state index is 0.0278. The first-order chi connectivity index (χ1) is 12.3. The van der Waals surface area contributed by atoms with Gasteiger partial charge in [0.05, 0.1) is 5.02 Å². The molecule has 26 heavy (non-hydrogen) atoms. The molecule has 0 aliphatic rings. The average Bonchev–Trinajstić information content (AvgIpc) is 2.58. The van der Waals surface area contributed by atoms with Crippen molar-refractivity contribution in [2.24, 2.45) is 0 Å². The van der Waals surface area contributed by atoms with Crippen molar-refractivity contribution in [1.29, 1.82) is 0 Å². The lowest BCUT2D eigenvalue weighted by Crippen LogP contribution is -2.31. The van der Waals surface area contributed by atoms with E-state index in [1.54, 1.807) is 25.1 Å². The first kappa shape index (κ1) is 20.0. The quantitative estimate of drug-likeness (QED) is 0.731. The molecule has 1 amide bonds. The third kappa shape index (κ3) is 5.34. The molecule has 1 atom stereocenters. The van der Waals surface area contributed by atoms with Crippen molar-refractivity contribution >= 4 is 40.8 Å². The van der Waals surface area contributed by atoms with Crippen LogP contribution in [0.25, 0.3) is 0 Å². The maximum absolute atomic E-state index is 13.0. The molecule has 8 heteroatoms. The molecule has 138 valence electrons. The lowest BCUT2D eigenvalue weighted by atomic mass is 10.2. The third-order valence-electron chi connectivity index (χ3n) is 3.44. The van der Waals surface area contributed by atoms with Crippen molar-refractivity contribution < 1.29 is 23.5 Å². The number of amides is 1. The van der Waals surface area contributed by atoms with E-state index in [1.165, 1.54) is 13.0 Å². The fourth-order valence-corrected chi connectivity index (χ4v) is 2.39. The first-order valence-electron chi connectivity index (χ1n) is 7.61. The second-order valence-electron chi connectivity index (χ2n) is 5.40. The summed E-state index contributed by atoms with van der Waals surface area (Å²) in [5, 5.41) is 3.18. The number of halogens is 3. The predicted octanol–water partition coefficient (Wildman–Crippen LogP) is 4.39. The molecule has 0 fully saturated rings. The van der Waals surface area contributed by atoms with E-state index in [0.29, 0.717) is 16.3 Å². The van der Waals surface area contributed by atoms with Crippen LogP contribution in [0.2, 0.25) is 10.0 Å². The fraction of sp³-hybridized carbons (Fsp3) is 0.222. The van der Waals surface area contributed by atoms with Crippen LogP contribution in [0.15, 0.2) is 36.4 Å². The summed E-state index contributed by atoms with van der Waals surface area (Å²) in [7, 11) is 0. The SMILES string of the molecule is Cc1c(Cl)cccc1NC(=O)[C@@H](C)OC(=O)COc1ccc(F)cc1Cl. The van der Waals surface area contributed by atoms with E-state index in [4.69, 9.17) is 32.7 Å².